The molecule has 0 aromatic heterocycles. The summed E-state index contributed by atoms with van der Waals surface area (Å²) in [6.07, 6.45) is 0. The van der Waals surface area contributed by atoms with E-state index < -0.39 is 5.84 Å². The summed E-state index contributed by atoms with van der Waals surface area (Å²) in [5, 5.41) is 24.4. The van der Waals surface area contributed by atoms with Crippen LogP contribution in [0.4, 0.5) is 11.4 Å². The van der Waals surface area contributed by atoms with Crippen molar-refractivity contribution in [1.29, 1.82) is 10.7 Å². The Bertz CT molecular complexity index is 818. The molecule has 0 spiro atoms. The molecule has 7 nitrogen and oxygen atoms in total. The number of nitrogens with one attached hydrogen (secondary N) is 3. The maximum Gasteiger partial charge on any atom is 0.221 e. The second kappa shape index (κ2) is 6.37. The van der Waals surface area contributed by atoms with Crippen LogP contribution >= 0.6 is 0 Å². The van der Waals surface area contributed by atoms with Crippen LogP contribution < -0.4 is 16.5 Å². The van der Waals surface area contributed by atoms with Gasteiger partial charge in [0, 0.05) is 12.3 Å². The van der Waals surface area contributed by atoms with Crippen molar-refractivity contribution >= 4 is 39.6 Å². The summed E-state index contributed by atoms with van der Waals surface area (Å²) in [6.45, 7) is 1.43. The van der Waals surface area contributed by atoms with Gasteiger partial charge >= 0.3 is 0 Å². The van der Waals surface area contributed by atoms with Gasteiger partial charge in [0.25, 0.3) is 0 Å². The molecule has 7 heteroatoms. The van der Waals surface area contributed by atoms with Crippen LogP contribution in [-0.4, -0.2) is 17.5 Å². The molecule has 5 N–H and O–H groups in total. The molecule has 0 saturated heterocycles. The molecule has 0 aliphatic carbocycles. The molecule has 0 aliphatic rings. The number of nitriles is 1. The second-order valence-corrected chi connectivity index (χ2v) is 4.52. The smallest absolute Gasteiger partial charge is 0.221 e. The van der Waals surface area contributed by atoms with Crippen molar-refractivity contribution in [3.63, 3.8) is 0 Å². The number of hydrogen-bond acceptors (Lipinski definition) is 5. The monoisotopic (exact) mass is 294 g/mol. The van der Waals surface area contributed by atoms with Gasteiger partial charge in [0.15, 0.2) is 5.84 Å². The zero-order chi connectivity index (χ0) is 16.1. The molecule has 22 heavy (non-hydrogen) atoms. The third-order valence-corrected chi connectivity index (χ3v) is 2.83. The molecule has 0 aliphatic heterocycles. The number of rotatable bonds is 4. The summed E-state index contributed by atoms with van der Waals surface area (Å²) in [6, 6.07) is 12.8. The first-order valence-corrected chi connectivity index (χ1v) is 6.40. The highest BCUT2D eigenvalue weighted by Crippen LogP contribution is 2.28. The van der Waals surface area contributed by atoms with Crippen molar-refractivity contribution in [3.8, 4) is 6.07 Å². The molecule has 0 unspecified atom stereocenters. The first-order chi connectivity index (χ1) is 10.5. The predicted octanol–water partition coefficient (Wildman–Crippen LogP) is 2.03. The Kier molecular flexibility index (Phi) is 4.34. The number of hydrogen-bond donors (Lipinski definition) is 4. The minimum atomic E-state index is -0.419. The molecule has 2 aromatic carbocycles. The number of fused-ring (bicyclic) bond motifs is 1. The molecular formula is C15H14N6O. The van der Waals surface area contributed by atoms with Gasteiger partial charge in [0.05, 0.1) is 11.4 Å². The van der Waals surface area contributed by atoms with E-state index in [1.807, 2.05) is 30.3 Å². The molecule has 0 saturated carbocycles. The molecule has 0 heterocycles. The molecule has 110 valence electrons. The third-order valence-electron chi connectivity index (χ3n) is 2.83. The van der Waals surface area contributed by atoms with Crippen LogP contribution in [0.1, 0.15) is 6.92 Å². The van der Waals surface area contributed by atoms with E-state index in [1.54, 1.807) is 12.1 Å². The van der Waals surface area contributed by atoms with Gasteiger partial charge < -0.3 is 11.1 Å². The maximum absolute atomic E-state index is 11.3. The van der Waals surface area contributed by atoms with Crippen molar-refractivity contribution in [1.82, 2.24) is 0 Å². The van der Waals surface area contributed by atoms with Gasteiger partial charge in [-0.3, -0.25) is 15.6 Å². The van der Waals surface area contributed by atoms with E-state index in [4.69, 9.17) is 16.4 Å². The fourth-order valence-electron chi connectivity index (χ4n) is 1.93. The molecule has 2 rings (SSSR count). The lowest BCUT2D eigenvalue weighted by atomic mass is 10.1. The molecule has 2 aromatic rings. The molecule has 0 radical (unpaired) electrons. The van der Waals surface area contributed by atoms with E-state index in [-0.39, 0.29) is 11.6 Å². The summed E-state index contributed by atoms with van der Waals surface area (Å²) in [7, 11) is 0. The average molecular weight is 294 g/mol. The van der Waals surface area contributed by atoms with Gasteiger partial charge in [-0.1, -0.05) is 24.3 Å². The quantitative estimate of drug-likeness (QED) is 0.391. The molecule has 0 bridgehead atoms. The number of benzene rings is 2. The normalized spacial score (nSPS) is 10.8. The number of amidine groups is 1. The number of amides is 1. The fraction of sp³-hybridized carbons (Fsp3) is 0.0667. The fourth-order valence-corrected chi connectivity index (χ4v) is 1.93. The van der Waals surface area contributed by atoms with Crippen molar-refractivity contribution < 1.29 is 4.79 Å². The zero-order valence-corrected chi connectivity index (χ0v) is 11.8. The SMILES string of the molecule is CC(=O)Nc1cc(N/N=C(\C#N)C(=N)N)cc2ccccc12. The van der Waals surface area contributed by atoms with Crippen LogP contribution in [0.5, 0.6) is 0 Å². The number of carbonyl (C=O) groups is 1. The van der Waals surface area contributed by atoms with Crippen LogP contribution in [0.15, 0.2) is 41.5 Å². The first-order valence-electron chi connectivity index (χ1n) is 6.40. The lowest BCUT2D eigenvalue weighted by Gasteiger charge is -2.10. The number of anilines is 2. The maximum atomic E-state index is 11.3. The summed E-state index contributed by atoms with van der Waals surface area (Å²) >= 11 is 0. The predicted molar refractivity (Wildman–Crippen MR) is 86.8 cm³/mol. The van der Waals surface area contributed by atoms with E-state index in [9.17, 15) is 4.79 Å². The molecule has 0 fully saturated rings. The highest BCUT2D eigenvalue weighted by atomic mass is 16.1. The minimum Gasteiger partial charge on any atom is -0.382 e. The molecule has 1 amide bonds. The van der Waals surface area contributed by atoms with Gasteiger partial charge in [-0.25, -0.2) is 0 Å². The van der Waals surface area contributed by atoms with Crippen molar-refractivity contribution in [2.24, 2.45) is 10.8 Å². The summed E-state index contributed by atoms with van der Waals surface area (Å²) in [5.74, 6) is -0.606. The molecule has 0 atom stereocenters. The van der Waals surface area contributed by atoms with Crippen LogP contribution in [0.3, 0.4) is 0 Å². The number of nitrogens with zero attached hydrogens (tertiary/aromatic N) is 2. The van der Waals surface area contributed by atoms with E-state index in [2.05, 4.69) is 15.8 Å². The minimum absolute atomic E-state index is 0.188. The van der Waals surface area contributed by atoms with E-state index in [0.29, 0.717) is 11.4 Å². The van der Waals surface area contributed by atoms with E-state index in [1.165, 1.54) is 6.92 Å². The topological polar surface area (TPSA) is 127 Å². The van der Waals surface area contributed by atoms with Gasteiger partial charge in [-0.2, -0.15) is 10.4 Å². The highest BCUT2D eigenvalue weighted by Gasteiger charge is 2.06. The van der Waals surface area contributed by atoms with Gasteiger partial charge in [-0.05, 0) is 17.5 Å². The van der Waals surface area contributed by atoms with Gasteiger partial charge in [0.1, 0.15) is 6.07 Å². The second-order valence-electron chi connectivity index (χ2n) is 4.52. The van der Waals surface area contributed by atoms with Crippen molar-refractivity contribution in [2.45, 2.75) is 6.92 Å². The van der Waals surface area contributed by atoms with Crippen LogP contribution in [0.2, 0.25) is 0 Å². The standard InChI is InChI=1S/C15H14N6O/c1-9(22)19-13-7-11(20-21-14(8-16)15(17)18)6-10-4-2-3-5-12(10)13/h2-7,20H,1H3,(H3,17,18)(H,19,22)/b21-14+. The Morgan fingerprint density at radius 2 is 2.09 bits per heavy atom. The van der Waals surface area contributed by atoms with Gasteiger partial charge in [-0.15, -0.1) is 0 Å². The molecular weight excluding hydrogens is 280 g/mol. The lowest BCUT2D eigenvalue weighted by Crippen LogP contribution is -2.21. The Morgan fingerprint density at radius 3 is 2.73 bits per heavy atom. The van der Waals surface area contributed by atoms with Crippen molar-refractivity contribution in [2.75, 3.05) is 10.7 Å². The third kappa shape index (κ3) is 3.37. The number of carbonyl (C=O) groups excluding carboxylic acids is 1. The summed E-state index contributed by atoms with van der Waals surface area (Å²) in [4.78, 5) is 11.3. The summed E-state index contributed by atoms with van der Waals surface area (Å²) < 4.78 is 0. The largest absolute Gasteiger partial charge is 0.382 e. The Labute approximate surface area is 126 Å². The van der Waals surface area contributed by atoms with Crippen LogP contribution in [0.25, 0.3) is 10.8 Å². The highest BCUT2D eigenvalue weighted by molar-refractivity contribution is 6.45. The number of hydrazone groups is 1. The Morgan fingerprint density at radius 1 is 1.36 bits per heavy atom. The summed E-state index contributed by atoms with van der Waals surface area (Å²) in [5.41, 5.74) is 8.89. The average Bonchev–Trinajstić information content (AvgIpc) is 2.47. The van der Waals surface area contributed by atoms with Crippen LogP contribution in [-0.2, 0) is 4.79 Å². The first kappa shape index (κ1) is 15.0. The lowest BCUT2D eigenvalue weighted by molar-refractivity contribution is -0.114. The van der Waals surface area contributed by atoms with E-state index >= 15 is 0 Å². The zero-order valence-electron chi connectivity index (χ0n) is 11.8. The van der Waals surface area contributed by atoms with E-state index in [0.717, 1.165) is 10.8 Å². The number of nitrogens with two attached hydrogens (primary N) is 1. The Hall–Kier alpha value is -3.40. The van der Waals surface area contributed by atoms with Crippen LogP contribution in [0, 0.1) is 16.7 Å². The van der Waals surface area contributed by atoms with Gasteiger partial charge in [0.2, 0.25) is 11.6 Å². The Balaban J connectivity index is 2.45. The van der Waals surface area contributed by atoms with Crippen molar-refractivity contribution in [3.05, 3.63) is 36.4 Å².